The number of carbonyl (C=O) groups excluding carboxylic acids is 1. The van der Waals surface area contributed by atoms with Crippen LogP contribution >= 0.6 is 0 Å². The third-order valence-electron chi connectivity index (χ3n) is 2.36. The second kappa shape index (κ2) is 4.17. The lowest BCUT2D eigenvalue weighted by atomic mass is 10.3. The van der Waals surface area contributed by atoms with Crippen molar-refractivity contribution in [1.29, 1.82) is 0 Å². The summed E-state index contributed by atoms with van der Waals surface area (Å²) in [6.45, 7) is 2.01. The first kappa shape index (κ1) is 9.77. The minimum Gasteiger partial charge on any atom is -0.360 e. The molecule has 2 aromatic heterocycles. The van der Waals surface area contributed by atoms with Crippen LogP contribution < -0.4 is 0 Å². The maximum Gasteiger partial charge on any atom is 0.231 e. The maximum atomic E-state index is 11.8. The molecule has 0 radical (unpaired) electrons. The van der Waals surface area contributed by atoms with Crippen LogP contribution in [0.3, 0.4) is 0 Å². The smallest absolute Gasteiger partial charge is 0.231 e. The highest BCUT2D eigenvalue weighted by Crippen LogP contribution is 2.18. The number of hydrogen-bond acceptors (Lipinski definition) is 1. The summed E-state index contributed by atoms with van der Waals surface area (Å²) in [5, 5.41) is 0. The van der Waals surface area contributed by atoms with Crippen LogP contribution in [0.25, 0.3) is 11.4 Å². The molecule has 0 fully saturated rings. The van der Waals surface area contributed by atoms with Crippen molar-refractivity contribution in [3.05, 3.63) is 36.7 Å². The Labute approximate surface area is 88.7 Å². The van der Waals surface area contributed by atoms with E-state index in [-0.39, 0.29) is 5.91 Å². The molecule has 0 aliphatic carbocycles. The summed E-state index contributed by atoms with van der Waals surface area (Å²) in [5.74, 6) is 0.145. The molecule has 3 nitrogen and oxygen atoms in total. The van der Waals surface area contributed by atoms with E-state index in [1.807, 2.05) is 43.6 Å². The van der Waals surface area contributed by atoms with E-state index in [1.54, 1.807) is 4.57 Å². The summed E-state index contributed by atoms with van der Waals surface area (Å²) in [5.41, 5.74) is 1.91. The Kier molecular flexibility index (Phi) is 2.72. The third-order valence-corrected chi connectivity index (χ3v) is 2.36. The first-order chi connectivity index (χ1) is 7.33. The normalized spacial score (nSPS) is 10.5. The van der Waals surface area contributed by atoms with Gasteiger partial charge in [-0.1, -0.05) is 6.92 Å². The lowest BCUT2D eigenvalue weighted by Crippen LogP contribution is -2.09. The van der Waals surface area contributed by atoms with Crippen LogP contribution in [0, 0.1) is 0 Å². The van der Waals surface area contributed by atoms with Crippen molar-refractivity contribution in [2.75, 3.05) is 0 Å². The lowest BCUT2D eigenvalue weighted by molar-refractivity contribution is 0.0904. The molecule has 2 heterocycles. The predicted octanol–water partition coefficient (Wildman–Crippen LogP) is 2.92. The largest absolute Gasteiger partial charge is 0.360 e. The predicted molar refractivity (Wildman–Crippen MR) is 59.8 cm³/mol. The Hall–Kier alpha value is -1.77. The summed E-state index contributed by atoms with van der Waals surface area (Å²) in [7, 11) is 0. The fourth-order valence-electron chi connectivity index (χ4n) is 1.64. The number of aromatic nitrogens is 2. The van der Waals surface area contributed by atoms with Crippen molar-refractivity contribution >= 4 is 5.91 Å². The zero-order valence-electron chi connectivity index (χ0n) is 8.73. The highest BCUT2D eigenvalue weighted by molar-refractivity contribution is 5.83. The molecule has 0 aliphatic rings. The first-order valence-corrected chi connectivity index (χ1v) is 5.17. The van der Waals surface area contributed by atoms with Crippen LogP contribution in [-0.4, -0.2) is 15.5 Å². The van der Waals surface area contributed by atoms with Crippen molar-refractivity contribution in [3.8, 4) is 11.4 Å². The minimum absolute atomic E-state index is 0.145. The van der Waals surface area contributed by atoms with E-state index in [4.69, 9.17) is 0 Å². The first-order valence-electron chi connectivity index (χ1n) is 5.17. The van der Waals surface area contributed by atoms with Crippen molar-refractivity contribution in [1.82, 2.24) is 9.55 Å². The maximum absolute atomic E-state index is 11.8. The number of aromatic amines is 1. The fourth-order valence-corrected chi connectivity index (χ4v) is 1.64. The van der Waals surface area contributed by atoms with Crippen LogP contribution in [-0.2, 0) is 0 Å². The van der Waals surface area contributed by atoms with Crippen LogP contribution in [0.5, 0.6) is 0 Å². The molecule has 0 aliphatic heterocycles. The molecule has 15 heavy (non-hydrogen) atoms. The molecule has 0 amide bonds. The zero-order chi connectivity index (χ0) is 10.7. The minimum atomic E-state index is 0.145. The van der Waals surface area contributed by atoms with E-state index in [9.17, 15) is 4.79 Å². The molecular formula is C12H14N2O. The molecule has 0 saturated carbocycles. The third kappa shape index (κ3) is 1.86. The van der Waals surface area contributed by atoms with Crippen LogP contribution in [0.2, 0.25) is 0 Å². The zero-order valence-corrected chi connectivity index (χ0v) is 8.73. The molecule has 1 N–H and O–H groups in total. The molecule has 78 valence electrons. The Morgan fingerprint density at radius 1 is 1.40 bits per heavy atom. The second-order valence-corrected chi connectivity index (χ2v) is 3.49. The topological polar surface area (TPSA) is 37.8 Å². The molecule has 2 rings (SSSR count). The number of rotatable bonds is 3. The number of nitrogens with one attached hydrogen (secondary N) is 1. The highest BCUT2D eigenvalue weighted by atomic mass is 16.2. The summed E-state index contributed by atoms with van der Waals surface area (Å²) in [4.78, 5) is 14.9. The van der Waals surface area contributed by atoms with Crippen molar-refractivity contribution in [2.24, 2.45) is 0 Å². The Bertz CT molecular complexity index is 440. The Morgan fingerprint density at radius 3 is 2.93 bits per heavy atom. The molecule has 0 bridgehead atoms. The number of nitrogens with zero attached hydrogens (tertiary/aromatic N) is 1. The summed E-state index contributed by atoms with van der Waals surface area (Å²) in [6.07, 6.45) is 5.13. The summed E-state index contributed by atoms with van der Waals surface area (Å²) >= 11 is 0. The van der Waals surface area contributed by atoms with E-state index in [0.717, 1.165) is 17.8 Å². The van der Waals surface area contributed by atoms with Gasteiger partial charge in [-0.25, -0.2) is 0 Å². The standard InChI is InChI=1S/C12H14N2O/c1-2-5-12(15)14-9-4-7-11(14)10-6-3-8-13-10/h3-4,6-9,13H,2,5H2,1H3. The van der Waals surface area contributed by atoms with Gasteiger partial charge in [-0.2, -0.15) is 0 Å². The lowest BCUT2D eigenvalue weighted by Gasteiger charge is -2.05. The molecule has 0 aromatic carbocycles. The number of H-pyrrole nitrogens is 1. The number of carbonyl (C=O) groups is 1. The SMILES string of the molecule is CCCC(=O)n1cccc1-c1ccc[nH]1. The molecule has 0 spiro atoms. The van der Waals surface area contributed by atoms with Gasteiger partial charge in [0.05, 0.1) is 11.4 Å². The molecule has 2 aromatic rings. The van der Waals surface area contributed by atoms with Gasteiger partial charge in [-0.05, 0) is 30.7 Å². The Morgan fingerprint density at radius 2 is 2.27 bits per heavy atom. The molecule has 0 atom stereocenters. The molecular weight excluding hydrogens is 188 g/mol. The Balaban J connectivity index is 2.34. The van der Waals surface area contributed by atoms with Gasteiger partial charge in [-0.15, -0.1) is 0 Å². The van der Waals surface area contributed by atoms with Crippen LogP contribution in [0.1, 0.15) is 24.6 Å². The second-order valence-electron chi connectivity index (χ2n) is 3.49. The van der Waals surface area contributed by atoms with E-state index in [1.165, 1.54) is 0 Å². The molecule has 0 unspecified atom stereocenters. The van der Waals surface area contributed by atoms with E-state index < -0.39 is 0 Å². The van der Waals surface area contributed by atoms with Gasteiger partial charge in [0.25, 0.3) is 0 Å². The molecule has 0 saturated heterocycles. The highest BCUT2D eigenvalue weighted by Gasteiger charge is 2.09. The molecule has 3 heteroatoms. The van der Waals surface area contributed by atoms with Gasteiger partial charge >= 0.3 is 0 Å². The van der Waals surface area contributed by atoms with Crippen LogP contribution in [0.15, 0.2) is 36.7 Å². The van der Waals surface area contributed by atoms with Crippen molar-refractivity contribution in [3.63, 3.8) is 0 Å². The fraction of sp³-hybridized carbons (Fsp3) is 0.250. The van der Waals surface area contributed by atoms with Gasteiger partial charge in [0, 0.05) is 18.8 Å². The summed E-state index contributed by atoms with van der Waals surface area (Å²) < 4.78 is 1.70. The van der Waals surface area contributed by atoms with Gasteiger partial charge in [0.1, 0.15) is 0 Å². The monoisotopic (exact) mass is 202 g/mol. The quantitative estimate of drug-likeness (QED) is 0.816. The van der Waals surface area contributed by atoms with Gasteiger partial charge in [0.2, 0.25) is 5.91 Å². The number of hydrogen-bond donors (Lipinski definition) is 1. The van der Waals surface area contributed by atoms with E-state index in [0.29, 0.717) is 6.42 Å². The van der Waals surface area contributed by atoms with Crippen LogP contribution in [0.4, 0.5) is 0 Å². The van der Waals surface area contributed by atoms with E-state index >= 15 is 0 Å². The van der Waals surface area contributed by atoms with Crippen molar-refractivity contribution < 1.29 is 4.79 Å². The average molecular weight is 202 g/mol. The summed E-state index contributed by atoms with van der Waals surface area (Å²) in [6, 6.07) is 7.73. The van der Waals surface area contributed by atoms with E-state index in [2.05, 4.69) is 4.98 Å². The van der Waals surface area contributed by atoms with Gasteiger partial charge in [0.15, 0.2) is 0 Å². The van der Waals surface area contributed by atoms with Gasteiger partial charge < -0.3 is 4.98 Å². The average Bonchev–Trinajstić information content (AvgIpc) is 2.88. The van der Waals surface area contributed by atoms with Crippen molar-refractivity contribution in [2.45, 2.75) is 19.8 Å². The van der Waals surface area contributed by atoms with Gasteiger partial charge in [-0.3, -0.25) is 9.36 Å².